The van der Waals surface area contributed by atoms with E-state index in [1.807, 2.05) is 0 Å². The molecule has 0 aromatic heterocycles. The second-order valence-electron chi connectivity index (χ2n) is 6.63. The van der Waals surface area contributed by atoms with Crippen LogP contribution in [0.3, 0.4) is 0 Å². The molecule has 0 aliphatic heterocycles. The van der Waals surface area contributed by atoms with Crippen LogP contribution in [0, 0.1) is 23.2 Å². The van der Waals surface area contributed by atoms with Crippen LogP contribution in [-0.2, 0) is 0 Å². The highest BCUT2D eigenvalue weighted by atomic mass is 14.4. The zero-order valence-electron chi connectivity index (χ0n) is 10.8. The summed E-state index contributed by atoms with van der Waals surface area (Å²) in [6.07, 6.45) is 7.26. The predicted octanol–water partition coefficient (Wildman–Crippen LogP) is 4.89. The monoisotopic (exact) mass is 196 g/mol. The summed E-state index contributed by atoms with van der Waals surface area (Å²) in [4.78, 5) is 0. The van der Waals surface area contributed by atoms with E-state index in [1.54, 1.807) is 0 Å². The first-order valence-corrected chi connectivity index (χ1v) is 6.41. The van der Waals surface area contributed by atoms with Crippen molar-refractivity contribution in [2.45, 2.75) is 66.7 Å². The maximum atomic E-state index is 2.46. The first-order chi connectivity index (χ1) is 6.41. The van der Waals surface area contributed by atoms with Gasteiger partial charge < -0.3 is 0 Å². The Morgan fingerprint density at radius 3 is 2.36 bits per heavy atom. The van der Waals surface area contributed by atoms with Gasteiger partial charge in [-0.05, 0) is 42.4 Å². The van der Waals surface area contributed by atoms with E-state index < -0.39 is 0 Å². The molecular weight excluding hydrogens is 168 g/mol. The third-order valence-corrected chi connectivity index (χ3v) is 3.89. The van der Waals surface area contributed by atoms with Crippen LogP contribution in [0.5, 0.6) is 0 Å². The van der Waals surface area contributed by atoms with Gasteiger partial charge >= 0.3 is 0 Å². The molecule has 14 heavy (non-hydrogen) atoms. The molecule has 1 rings (SSSR count). The lowest BCUT2D eigenvalue weighted by molar-refractivity contribution is 0.130. The van der Waals surface area contributed by atoms with E-state index in [4.69, 9.17) is 0 Å². The molecule has 0 bridgehead atoms. The molecule has 1 aliphatic rings. The van der Waals surface area contributed by atoms with Gasteiger partial charge in [-0.3, -0.25) is 0 Å². The second kappa shape index (κ2) is 4.68. The van der Waals surface area contributed by atoms with Crippen molar-refractivity contribution in [1.29, 1.82) is 0 Å². The maximum absolute atomic E-state index is 2.46. The molecule has 2 atom stereocenters. The molecule has 1 saturated carbocycles. The Morgan fingerprint density at radius 2 is 1.86 bits per heavy atom. The minimum absolute atomic E-state index is 0.619. The van der Waals surface area contributed by atoms with Crippen molar-refractivity contribution < 1.29 is 0 Å². The highest BCUT2D eigenvalue weighted by molar-refractivity contribution is 4.82. The van der Waals surface area contributed by atoms with Crippen LogP contribution in [0.1, 0.15) is 66.7 Å². The van der Waals surface area contributed by atoms with Gasteiger partial charge in [0.15, 0.2) is 0 Å². The molecule has 0 nitrogen and oxygen atoms in total. The zero-order chi connectivity index (χ0) is 10.8. The number of hydrogen-bond donors (Lipinski definition) is 0. The molecular formula is C14H28. The van der Waals surface area contributed by atoms with E-state index >= 15 is 0 Å². The fraction of sp³-hybridized carbons (Fsp3) is 1.00. The van der Waals surface area contributed by atoms with E-state index in [-0.39, 0.29) is 0 Å². The molecule has 0 saturated heterocycles. The first kappa shape index (κ1) is 12.1. The van der Waals surface area contributed by atoms with Gasteiger partial charge in [0.1, 0.15) is 0 Å². The third kappa shape index (κ3) is 3.63. The standard InChI is InChI=1S/C14H28/c1-11(2)9-12(3)13-7-6-8-14(4,5)10-13/h11-13H,6-10H2,1-5H3. The average molecular weight is 196 g/mol. The van der Waals surface area contributed by atoms with Crippen LogP contribution >= 0.6 is 0 Å². The fourth-order valence-corrected chi connectivity index (χ4v) is 3.18. The van der Waals surface area contributed by atoms with Gasteiger partial charge in [0.2, 0.25) is 0 Å². The van der Waals surface area contributed by atoms with E-state index in [0.717, 1.165) is 17.8 Å². The molecule has 1 fully saturated rings. The van der Waals surface area contributed by atoms with E-state index in [2.05, 4.69) is 34.6 Å². The van der Waals surface area contributed by atoms with Crippen molar-refractivity contribution in [3.05, 3.63) is 0 Å². The van der Waals surface area contributed by atoms with Gasteiger partial charge in [-0.1, -0.05) is 47.5 Å². The number of hydrogen-bond acceptors (Lipinski definition) is 0. The highest BCUT2D eigenvalue weighted by Crippen LogP contribution is 2.42. The van der Waals surface area contributed by atoms with Crippen LogP contribution in [0.4, 0.5) is 0 Å². The Hall–Kier alpha value is 0. The van der Waals surface area contributed by atoms with Crippen molar-refractivity contribution in [3.63, 3.8) is 0 Å². The Kier molecular flexibility index (Phi) is 4.04. The maximum Gasteiger partial charge on any atom is -0.0351 e. The van der Waals surface area contributed by atoms with Crippen LogP contribution in [0.15, 0.2) is 0 Å². The predicted molar refractivity (Wildman–Crippen MR) is 64.4 cm³/mol. The largest absolute Gasteiger partial charge is 0.0628 e. The van der Waals surface area contributed by atoms with Gasteiger partial charge in [0.05, 0.1) is 0 Å². The number of rotatable bonds is 3. The van der Waals surface area contributed by atoms with Gasteiger partial charge in [0, 0.05) is 0 Å². The van der Waals surface area contributed by atoms with Crippen molar-refractivity contribution in [1.82, 2.24) is 0 Å². The van der Waals surface area contributed by atoms with Gasteiger partial charge in [-0.2, -0.15) is 0 Å². The molecule has 0 N–H and O–H groups in total. The second-order valence-corrected chi connectivity index (χ2v) is 6.63. The molecule has 2 unspecified atom stereocenters. The van der Waals surface area contributed by atoms with Crippen LogP contribution in [0.2, 0.25) is 0 Å². The molecule has 0 heterocycles. The highest BCUT2D eigenvalue weighted by Gasteiger charge is 2.30. The molecule has 0 amide bonds. The van der Waals surface area contributed by atoms with Gasteiger partial charge in [0.25, 0.3) is 0 Å². The summed E-state index contributed by atoms with van der Waals surface area (Å²) in [6, 6.07) is 0. The van der Waals surface area contributed by atoms with Crippen molar-refractivity contribution >= 4 is 0 Å². The minimum Gasteiger partial charge on any atom is -0.0628 e. The molecule has 1 aliphatic carbocycles. The average Bonchev–Trinajstić information content (AvgIpc) is 2.01. The first-order valence-electron chi connectivity index (χ1n) is 6.41. The van der Waals surface area contributed by atoms with Crippen molar-refractivity contribution in [2.24, 2.45) is 23.2 Å². The van der Waals surface area contributed by atoms with Gasteiger partial charge in [-0.15, -0.1) is 0 Å². The Labute approximate surface area is 90.5 Å². The minimum atomic E-state index is 0.619. The lowest BCUT2D eigenvalue weighted by Crippen LogP contribution is -2.27. The van der Waals surface area contributed by atoms with Crippen molar-refractivity contribution in [3.8, 4) is 0 Å². The third-order valence-electron chi connectivity index (χ3n) is 3.89. The van der Waals surface area contributed by atoms with Crippen LogP contribution in [-0.4, -0.2) is 0 Å². The quantitative estimate of drug-likeness (QED) is 0.603. The Bertz CT molecular complexity index is 167. The van der Waals surface area contributed by atoms with E-state index in [0.29, 0.717) is 5.41 Å². The van der Waals surface area contributed by atoms with E-state index in [1.165, 1.54) is 32.1 Å². The summed E-state index contributed by atoms with van der Waals surface area (Å²) in [7, 11) is 0. The lowest BCUT2D eigenvalue weighted by Gasteiger charge is -2.38. The summed E-state index contributed by atoms with van der Waals surface area (Å²) >= 11 is 0. The van der Waals surface area contributed by atoms with Crippen LogP contribution in [0.25, 0.3) is 0 Å². The summed E-state index contributed by atoms with van der Waals surface area (Å²) in [6.45, 7) is 12.1. The summed E-state index contributed by atoms with van der Waals surface area (Å²) < 4.78 is 0. The summed E-state index contributed by atoms with van der Waals surface area (Å²) in [5.41, 5.74) is 0.619. The van der Waals surface area contributed by atoms with Gasteiger partial charge in [-0.25, -0.2) is 0 Å². The normalized spacial score (nSPS) is 29.1. The van der Waals surface area contributed by atoms with Crippen LogP contribution < -0.4 is 0 Å². The molecule has 0 spiro atoms. The lowest BCUT2D eigenvalue weighted by atomic mass is 9.67. The Morgan fingerprint density at radius 1 is 1.21 bits per heavy atom. The SMILES string of the molecule is CC(C)CC(C)C1CCCC(C)(C)C1. The topological polar surface area (TPSA) is 0 Å². The molecule has 0 aromatic carbocycles. The van der Waals surface area contributed by atoms with Crippen molar-refractivity contribution in [2.75, 3.05) is 0 Å². The summed E-state index contributed by atoms with van der Waals surface area (Å²) in [5.74, 6) is 2.81. The molecule has 84 valence electrons. The molecule has 0 heteroatoms. The Balaban J connectivity index is 2.43. The summed E-state index contributed by atoms with van der Waals surface area (Å²) in [5, 5.41) is 0. The van der Waals surface area contributed by atoms with E-state index in [9.17, 15) is 0 Å². The zero-order valence-corrected chi connectivity index (χ0v) is 10.8. The molecule has 0 aromatic rings. The fourth-order valence-electron chi connectivity index (χ4n) is 3.18. The molecule has 0 radical (unpaired) electrons. The smallest absolute Gasteiger partial charge is 0.0351 e.